The number of nitriles is 1. The van der Waals surface area contributed by atoms with E-state index in [1.165, 1.54) is 4.31 Å². The number of nitrogens with zero attached hydrogens (tertiary/aromatic N) is 5. The van der Waals surface area contributed by atoms with Crippen molar-refractivity contribution in [2.45, 2.75) is 37.6 Å². The minimum absolute atomic E-state index is 0.0248. The van der Waals surface area contributed by atoms with Crippen LogP contribution in [-0.2, 0) is 16.6 Å². The number of hydrogen-bond donors (Lipinski definition) is 0. The fourth-order valence-corrected chi connectivity index (χ4v) is 6.73. The number of oxazole rings is 1. The summed E-state index contributed by atoms with van der Waals surface area (Å²) in [5.74, 6) is 1.13. The van der Waals surface area contributed by atoms with Crippen molar-refractivity contribution < 1.29 is 12.8 Å². The largest absolute Gasteiger partial charge is 0.419 e. The smallest absolute Gasteiger partial charge is 0.250 e. The van der Waals surface area contributed by atoms with Crippen molar-refractivity contribution in [3.63, 3.8) is 0 Å². The van der Waals surface area contributed by atoms with Crippen LogP contribution in [0.5, 0.6) is 0 Å². The van der Waals surface area contributed by atoms with Gasteiger partial charge in [0.25, 0.3) is 5.56 Å². The van der Waals surface area contributed by atoms with Gasteiger partial charge in [0.05, 0.1) is 4.90 Å². The Balaban J connectivity index is 1.43. The van der Waals surface area contributed by atoms with E-state index in [2.05, 4.69) is 11.1 Å². The van der Waals surface area contributed by atoms with E-state index in [0.29, 0.717) is 44.2 Å². The van der Waals surface area contributed by atoms with Gasteiger partial charge in [0.15, 0.2) is 0 Å². The maximum Gasteiger partial charge on any atom is 0.250 e. The average Bonchev–Trinajstić information content (AvgIpc) is 3.30. The molecule has 1 fully saturated rings. The SMILES string of the molecule is CCN(CC)S(=O)(=O)c1ccc(-c2nc(C#N)c(N3C[C@@H]4C[C@@H](C3)c3cccc(=O)n3C4)o2)cc1. The lowest BCUT2D eigenvalue weighted by Gasteiger charge is -2.42. The number of piperidine rings is 1. The topological polar surface area (TPSA) is 112 Å². The molecule has 0 amide bonds. The molecule has 35 heavy (non-hydrogen) atoms. The summed E-state index contributed by atoms with van der Waals surface area (Å²) in [6, 6.07) is 13.9. The van der Waals surface area contributed by atoms with Crippen LogP contribution in [0.3, 0.4) is 0 Å². The first-order chi connectivity index (χ1) is 16.8. The van der Waals surface area contributed by atoms with E-state index in [0.717, 1.165) is 12.1 Å². The molecule has 5 rings (SSSR count). The summed E-state index contributed by atoms with van der Waals surface area (Å²) in [6.45, 7) is 6.34. The molecule has 9 nitrogen and oxygen atoms in total. The molecular weight excluding hydrogens is 466 g/mol. The van der Waals surface area contributed by atoms with Gasteiger partial charge in [-0.15, -0.1) is 0 Å². The quantitative estimate of drug-likeness (QED) is 0.519. The van der Waals surface area contributed by atoms with Crippen molar-refractivity contribution in [3.8, 4) is 17.5 Å². The van der Waals surface area contributed by atoms with Gasteiger partial charge in [0.2, 0.25) is 27.5 Å². The zero-order valence-electron chi connectivity index (χ0n) is 19.7. The highest BCUT2D eigenvalue weighted by Crippen LogP contribution is 2.39. The third kappa shape index (κ3) is 4.05. The Bertz CT molecular complexity index is 1450. The number of sulfonamides is 1. The van der Waals surface area contributed by atoms with Crippen molar-refractivity contribution in [1.82, 2.24) is 13.9 Å². The Morgan fingerprint density at radius 1 is 1.11 bits per heavy atom. The van der Waals surface area contributed by atoms with Gasteiger partial charge in [-0.1, -0.05) is 19.9 Å². The van der Waals surface area contributed by atoms with Crippen molar-refractivity contribution in [2.24, 2.45) is 5.92 Å². The van der Waals surface area contributed by atoms with E-state index in [4.69, 9.17) is 4.42 Å². The highest BCUT2D eigenvalue weighted by molar-refractivity contribution is 7.89. The van der Waals surface area contributed by atoms with Crippen LogP contribution in [0.2, 0.25) is 0 Å². The van der Waals surface area contributed by atoms with Crippen molar-refractivity contribution in [3.05, 3.63) is 64.2 Å². The monoisotopic (exact) mass is 493 g/mol. The summed E-state index contributed by atoms with van der Waals surface area (Å²) in [7, 11) is -3.56. The van der Waals surface area contributed by atoms with E-state index in [1.807, 2.05) is 15.5 Å². The molecule has 0 spiro atoms. The minimum Gasteiger partial charge on any atom is -0.419 e. The summed E-state index contributed by atoms with van der Waals surface area (Å²) < 4.78 is 34.9. The summed E-state index contributed by atoms with van der Waals surface area (Å²) >= 11 is 0. The number of fused-ring (bicyclic) bond motifs is 4. The highest BCUT2D eigenvalue weighted by Gasteiger charge is 2.37. The second-order valence-corrected chi connectivity index (χ2v) is 10.9. The molecule has 2 aromatic heterocycles. The summed E-state index contributed by atoms with van der Waals surface area (Å²) in [6.07, 6.45) is 0.991. The standard InChI is InChI=1S/C25H27N5O4S/c1-3-29(4-2)35(32,33)20-10-8-18(9-11-20)24-27-21(13-26)25(34-24)28-14-17-12-19(16-28)22-6-5-7-23(31)30(22)15-17/h5-11,17,19H,3-4,12,14-16H2,1-2H3/t17-,19-/m0/s1. The van der Waals surface area contributed by atoms with Gasteiger partial charge in [-0.3, -0.25) is 4.79 Å². The number of pyridine rings is 1. The molecular formula is C25H27N5O4S. The summed E-state index contributed by atoms with van der Waals surface area (Å²) in [4.78, 5) is 19.0. The molecule has 0 radical (unpaired) electrons. The Morgan fingerprint density at radius 3 is 2.54 bits per heavy atom. The predicted molar refractivity (Wildman–Crippen MR) is 131 cm³/mol. The van der Waals surface area contributed by atoms with Gasteiger partial charge in [0.1, 0.15) is 6.07 Å². The van der Waals surface area contributed by atoms with Gasteiger partial charge >= 0.3 is 0 Å². The van der Waals surface area contributed by atoms with Crippen LogP contribution in [0.15, 0.2) is 56.6 Å². The number of benzene rings is 1. The molecule has 2 aliphatic rings. The van der Waals surface area contributed by atoms with E-state index in [9.17, 15) is 18.5 Å². The maximum atomic E-state index is 12.8. The highest BCUT2D eigenvalue weighted by atomic mass is 32.2. The van der Waals surface area contributed by atoms with E-state index in [1.54, 1.807) is 50.2 Å². The molecule has 2 bridgehead atoms. The lowest BCUT2D eigenvalue weighted by molar-refractivity contribution is 0.275. The molecule has 1 aromatic carbocycles. The summed E-state index contributed by atoms with van der Waals surface area (Å²) in [5.41, 5.74) is 1.84. The van der Waals surface area contributed by atoms with Crippen LogP contribution in [-0.4, -0.2) is 48.5 Å². The first-order valence-electron chi connectivity index (χ1n) is 11.8. The molecule has 10 heteroatoms. The first-order valence-corrected chi connectivity index (χ1v) is 13.3. The lowest BCUT2D eigenvalue weighted by Crippen LogP contribution is -2.47. The van der Waals surface area contributed by atoms with Gasteiger partial charge in [-0.2, -0.15) is 14.6 Å². The number of anilines is 1. The third-order valence-electron chi connectivity index (χ3n) is 6.93. The molecule has 3 aromatic rings. The zero-order valence-corrected chi connectivity index (χ0v) is 20.5. The molecule has 0 N–H and O–H groups in total. The molecule has 182 valence electrons. The summed E-state index contributed by atoms with van der Waals surface area (Å²) in [5, 5.41) is 9.74. The van der Waals surface area contributed by atoms with Gasteiger partial charge < -0.3 is 13.9 Å². The fraction of sp³-hybridized carbons (Fsp3) is 0.400. The van der Waals surface area contributed by atoms with Crippen LogP contribution in [0.1, 0.15) is 37.6 Å². The van der Waals surface area contributed by atoms with Crippen LogP contribution in [0.4, 0.5) is 5.88 Å². The molecule has 0 aliphatic carbocycles. The van der Waals surface area contributed by atoms with E-state index >= 15 is 0 Å². The number of rotatable bonds is 6. The number of hydrogen-bond acceptors (Lipinski definition) is 7. The Labute approximate surface area is 204 Å². The van der Waals surface area contributed by atoms with Gasteiger partial charge in [-0.05, 0) is 42.7 Å². The average molecular weight is 494 g/mol. The molecule has 0 saturated carbocycles. The van der Waals surface area contributed by atoms with Crippen LogP contribution in [0.25, 0.3) is 11.5 Å². The Morgan fingerprint density at radius 2 is 1.86 bits per heavy atom. The van der Waals surface area contributed by atoms with E-state index < -0.39 is 10.0 Å². The van der Waals surface area contributed by atoms with E-state index in [-0.39, 0.29) is 33.9 Å². The molecule has 2 aliphatic heterocycles. The third-order valence-corrected chi connectivity index (χ3v) is 8.99. The zero-order chi connectivity index (χ0) is 24.7. The second kappa shape index (κ2) is 8.98. The van der Waals surface area contributed by atoms with Crippen molar-refractivity contribution >= 4 is 15.9 Å². The molecule has 0 unspecified atom stereocenters. The first kappa shape index (κ1) is 23.3. The molecule has 1 saturated heterocycles. The Kier molecular flexibility index (Phi) is 5.99. The maximum absolute atomic E-state index is 12.8. The second-order valence-electron chi connectivity index (χ2n) is 9.00. The predicted octanol–water partition coefficient (Wildman–Crippen LogP) is 3.03. The minimum atomic E-state index is -3.56. The Hall–Kier alpha value is -3.42. The molecule has 4 heterocycles. The van der Waals surface area contributed by atoms with Crippen LogP contribution in [0, 0.1) is 17.2 Å². The number of aromatic nitrogens is 2. The van der Waals surface area contributed by atoms with Crippen molar-refractivity contribution in [2.75, 3.05) is 31.1 Å². The van der Waals surface area contributed by atoms with Crippen LogP contribution >= 0.6 is 0 Å². The lowest BCUT2D eigenvalue weighted by atomic mass is 9.83. The van der Waals surface area contributed by atoms with Gasteiger partial charge in [-0.25, -0.2) is 8.42 Å². The fourth-order valence-electron chi connectivity index (χ4n) is 5.27. The van der Waals surface area contributed by atoms with Crippen molar-refractivity contribution in [1.29, 1.82) is 5.26 Å². The molecule has 2 atom stereocenters. The normalized spacial score (nSPS) is 19.4. The van der Waals surface area contributed by atoms with Gasteiger partial charge in [0, 0.05) is 56.0 Å². The van der Waals surface area contributed by atoms with Crippen LogP contribution < -0.4 is 10.5 Å².